The fourth-order valence-corrected chi connectivity index (χ4v) is 1.90. The molecule has 98 valence electrons. The molecule has 0 aliphatic rings. The van der Waals surface area contributed by atoms with Gasteiger partial charge in [-0.05, 0) is 51.3 Å². The highest BCUT2D eigenvalue weighted by Gasteiger charge is 2.17. The number of nitrogens with one attached hydrogen (secondary N) is 1. The number of thiophene rings is 1. The molecule has 0 radical (unpaired) electrons. The third kappa shape index (κ3) is 5.14. The van der Waals surface area contributed by atoms with Crippen molar-refractivity contribution >= 4 is 35.0 Å². The van der Waals surface area contributed by atoms with Gasteiger partial charge in [0.2, 0.25) is 0 Å². The zero-order valence-electron chi connectivity index (χ0n) is 10.9. The maximum atomic E-state index is 11.6. The van der Waals surface area contributed by atoms with Gasteiger partial charge in [-0.25, -0.2) is 4.79 Å². The van der Waals surface area contributed by atoms with Crippen molar-refractivity contribution in [1.82, 2.24) is 0 Å². The average Bonchev–Trinajstić information content (AvgIpc) is 2.59. The van der Waals surface area contributed by atoms with Crippen LogP contribution < -0.4 is 5.32 Å². The molecule has 0 spiro atoms. The molecule has 0 bridgehead atoms. The predicted octanol–water partition coefficient (Wildman–Crippen LogP) is 3.70. The van der Waals surface area contributed by atoms with E-state index in [2.05, 4.69) is 5.32 Å². The molecule has 0 unspecified atom stereocenters. The van der Waals surface area contributed by atoms with E-state index in [0.717, 1.165) is 4.88 Å². The highest BCUT2D eigenvalue weighted by atomic mass is 32.1. The van der Waals surface area contributed by atoms with Crippen LogP contribution >= 0.6 is 11.3 Å². The van der Waals surface area contributed by atoms with Gasteiger partial charge in [-0.15, -0.1) is 11.3 Å². The predicted molar refractivity (Wildman–Crippen MR) is 73.9 cm³/mol. The molecule has 0 saturated heterocycles. The van der Waals surface area contributed by atoms with E-state index in [-0.39, 0.29) is 5.78 Å². The second-order valence-electron chi connectivity index (χ2n) is 4.77. The van der Waals surface area contributed by atoms with Gasteiger partial charge in [0, 0.05) is 0 Å². The number of amides is 1. The van der Waals surface area contributed by atoms with Crippen LogP contribution in [-0.4, -0.2) is 17.5 Å². The van der Waals surface area contributed by atoms with E-state index in [1.54, 1.807) is 32.9 Å². The summed E-state index contributed by atoms with van der Waals surface area (Å²) in [5.74, 6) is -0.0355. The number of carbonyl (C=O) groups excluding carboxylic acids is 2. The van der Waals surface area contributed by atoms with Crippen LogP contribution in [0.4, 0.5) is 10.5 Å². The summed E-state index contributed by atoms with van der Waals surface area (Å²) >= 11 is 1.44. The summed E-state index contributed by atoms with van der Waals surface area (Å²) < 4.78 is 5.16. The van der Waals surface area contributed by atoms with Crippen molar-refractivity contribution < 1.29 is 14.3 Å². The molecule has 18 heavy (non-hydrogen) atoms. The first-order chi connectivity index (χ1) is 8.28. The number of rotatable bonds is 3. The van der Waals surface area contributed by atoms with Crippen molar-refractivity contribution in [3.63, 3.8) is 0 Å². The molecule has 0 aromatic carbocycles. The largest absolute Gasteiger partial charge is 0.444 e. The Bertz CT molecular complexity index is 469. The van der Waals surface area contributed by atoms with Crippen molar-refractivity contribution in [3.8, 4) is 0 Å². The average molecular weight is 267 g/mol. The van der Waals surface area contributed by atoms with Crippen molar-refractivity contribution in [1.29, 1.82) is 0 Å². The lowest BCUT2D eigenvalue weighted by molar-refractivity contribution is -0.112. The Labute approximate surface area is 111 Å². The van der Waals surface area contributed by atoms with Crippen LogP contribution in [0.1, 0.15) is 32.6 Å². The summed E-state index contributed by atoms with van der Waals surface area (Å²) in [6.07, 6.45) is 2.64. The summed E-state index contributed by atoms with van der Waals surface area (Å²) in [6, 6.07) is 1.77. The molecule has 1 amide bonds. The van der Waals surface area contributed by atoms with Crippen LogP contribution in [0, 0.1) is 0 Å². The highest BCUT2D eigenvalue weighted by Crippen LogP contribution is 2.24. The molecule has 0 atom stereocenters. The summed E-state index contributed by atoms with van der Waals surface area (Å²) in [6.45, 7) is 6.88. The van der Waals surface area contributed by atoms with Crippen molar-refractivity contribution in [2.45, 2.75) is 33.3 Å². The number of hydrogen-bond acceptors (Lipinski definition) is 4. The smallest absolute Gasteiger partial charge is 0.412 e. The number of ketones is 1. The summed E-state index contributed by atoms with van der Waals surface area (Å²) in [5, 5.41) is 4.50. The number of hydrogen-bond donors (Lipinski definition) is 1. The monoisotopic (exact) mass is 267 g/mol. The fourth-order valence-electron chi connectivity index (χ4n) is 1.16. The van der Waals surface area contributed by atoms with Crippen LogP contribution in [0.25, 0.3) is 6.08 Å². The first kappa shape index (κ1) is 14.4. The van der Waals surface area contributed by atoms with Gasteiger partial charge in [0.1, 0.15) is 5.60 Å². The zero-order chi connectivity index (χ0) is 13.8. The third-order valence-electron chi connectivity index (χ3n) is 1.80. The van der Waals surface area contributed by atoms with Gasteiger partial charge in [0.15, 0.2) is 5.78 Å². The minimum atomic E-state index is -0.532. The van der Waals surface area contributed by atoms with Gasteiger partial charge < -0.3 is 4.74 Å². The first-order valence-corrected chi connectivity index (χ1v) is 6.42. The zero-order valence-corrected chi connectivity index (χ0v) is 11.8. The van der Waals surface area contributed by atoms with Gasteiger partial charge in [-0.1, -0.05) is 0 Å². The second kappa shape index (κ2) is 5.82. The Balaban J connectivity index is 2.71. The molecule has 5 heteroatoms. The van der Waals surface area contributed by atoms with Crippen molar-refractivity contribution in [2.24, 2.45) is 0 Å². The van der Waals surface area contributed by atoms with E-state index in [1.165, 1.54) is 24.3 Å². The van der Waals surface area contributed by atoms with E-state index < -0.39 is 11.7 Å². The van der Waals surface area contributed by atoms with Crippen LogP contribution in [0.2, 0.25) is 0 Å². The minimum absolute atomic E-state index is 0.0355. The number of allylic oxidation sites excluding steroid dienone is 1. The minimum Gasteiger partial charge on any atom is -0.444 e. The van der Waals surface area contributed by atoms with Crippen LogP contribution in [0.3, 0.4) is 0 Å². The molecule has 0 fully saturated rings. The maximum Gasteiger partial charge on any atom is 0.412 e. The van der Waals surface area contributed by atoms with Gasteiger partial charge >= 0.3 is 6.09 Å². The van der Waals surface area contributed by atoms with E-state index in [0.29, 0.717) is 5.69 Å². The van der Waals surface area contributed by atoms with Gasteiger partial charge in [0.25, 0.3) is 0 Å². The lowest BCUT2D eigenvalue weighted by Gasteiger charge is -2.19. The molecular formula is C13H17NO3S. The molecule has 1 rings (SSSR count). The van der Waals surface area contributed by atoms with Gasteiger partial charge in [-0.3, -0.25) is 10.1 Å². The lowest BCUT2D eigenvalue weighted by Crippen LogP contribution is -2.27. The Morgan fingerprint density at radius 1 is 1.39 bits per heavy atom. The normalized spacial score (nSPS) is 11.6. The Kier molecular flexibility index (Phi) is 4.67. The van der Waals surface area contributed by atoms with Crippen molar-refractivity contribution in [3.05, 3.63) is 22.4 Å². The molecular weight excluding hydrogens is 250 g/mol. The first-order valence-electron chi connectivity index (χ1n) is 5.54. The van der Waals surface area contributed by atoms with Gasteiger partial charge in [0.05, 0.1) is 10.6 Å². The highest BCUT2D eigenvalue weighted by molar-refractivity contribution is 7.11. The van der Waals surface area contributed by atoms with E-state index in [9.17, 15) is 9.59 Å². The summed E-state index contributed by atoms with van der Waals surface area (Å²) in [7, 11) is 0. The number of carbonyl (C=O) groups is 2. The SMILES string of the molecule is CC(=O)/C=C/c1sccc1NC(=O)OC(C)(C)C. The molecule has 1 N–H and O–H groups in total. The van der Waals surface area contributed by atoms with Gasteiger partial charge in [-0.2, -0.15) is 0 Å². The Hall–Kier alpha value is -1.62. The molecule has 0 aliphatic carbocycles. The van der Waals surface area contributed by atoms with E-state index >= 15 is 0 Å². The molecule has 1 heterocycles. The van der Waals surface area contributed by atoms with Crippen LogP contribution in [-0.2, 0) is 9.53 Å². The summed E-state index contributed by atoms with van der Waals surface area (Å²) in [5.41, 5.74) is 0.113. The number of ether oxygens (including phenoxy) is 1. The van der Waals surface area contributed by atoms with E-state index in [4.69, 9.17) is 4.74 Å². The lowest BCUT2D eigenvalue weighted by atomic mass is 10.2. The molecule has 4 nitrogen and oxygen atoms in total. The molecule has 1 aromatic heterocycles. The fraction of sp³-hybridized carbons (Fsp3) is 0.385. The topological polar surface area (TPSA) is 55.4 Å². The Morgan fingerprint density at radius 2 is 2.06 bits per heavy atom. The maximum absolute atomic E-state index is 11.6. The molecule has 0 aliphatic heterocycles. The standard InChI is InChI=1S/C13H17NO3S/c1-9(15)5-6-11-10(7-8-18-11)14-12(16)17-13(2,3)4/h5-8H,1-4H3,(H,14,16)/b6-5+. The molecule has 1 aromatic rings. The van der Waals surface area contributed by atoms with E-state index in [1.807, 2.05) is 5.38 Å². The van der Waals surface area contributed by atoms with Crippen LogP contribution in [0.15, 0.2) is 17.5 Å². The quantitative estimate of drug-likeness (QED) is 0.850. The third-order valence-corrected chi connectivity index (χ3v) is 2.68. The second-order valence-corrected chi connectivity index (χ2v) is 5.72. The summed E-state index contributed by atoms with van der Waals surface area (Å²) in [4.78, 5) is 23.3. The van der Waals surface area contributed by atoms with Crippen molar-refractivity contribution in [2.75, 3.05) is 5.32 Å². The number of anilines is 1. The Morgan fingerprint density at radius 3 is 2.61 bits per heavy atom. The van der Waals surface area contributed by atoms with Crippen LogP contribution in [0.5, 0.6) is 0 Å². The molecule has 0 saturated carbocycles.